The first kappa shape index (κ1) is 16.5. The Morgan fingerprint density at radius 1 is 1.26 bits per heavy atom. The lowest BCUT2D eigenvalue weighted by molar-refractivity contribution is -0.125. The molecule has 0 aliphatic carbocycles. The third-order valence-corrected chi connectivity index (χ3v) is 3.10. The number of aromatic hydroxyl groups is 1. The first-order valence-electron chi connectivity index (χ1n) is 6.63. The molecule has 0 aromatic carbocycles. The van der Waals surface area contributed by atoms with Gasteiger partial charge in [0.2, 0.25) is 23.6 Å². The van der Waals surface area contributed by atoms with E-state index in [1.807, 2.05) is 0 Å². The second kappa shape index (κ2) is 6.08. The maximum atomic E-state index is 11.9. The summed E-state index contributed by atoms with van der Waals surface area (Å²) in [5.74, 6) is -2.41. The van der Waals surface area contributed by atoms with Crippen molar-refractivity contribution in [2.24, 2.45) is 4.99 Å². The van der Waals surface area contributed by atoms with Crippen molar-refractivity contribution in [3.63, 3.8) is 0 Å². The molecule has 0 spiro atoms. The number of aliphatic hydroxyl groups is 1. The van der Waals surface area contributed by atoms with Crippen LogP contribution in [0.4, 0.5) is 17.5 Å². The number of Topliss-reactive ketones (excluding diaryl/α,β-unsaturated/α-hetero) is 1. The summed E-state index contributed by atoms with van der Waals surface area (Å²) >= 11 is 0. The van der Waals surface area contributed by atoms with Gasteiger partial charge in [-0.25, -0.2) is 4.99 Å². The Bertz CT molecular complexity index is 717. The van der Waals surface area contributed by atoms with Crippen molar-refractivity contribution in [2.45, 2.75) is 32.9 Å². The van der Waals surface area contributed by atoms with Gasteiger partial charge >= 0.3 is 0 Å². The molecule has 2 rings (SSSR count). The van der Waals surface area contributed by atoms with Crippen molar-refractivity contribution in [2.75, 3.05) is 10.2 Å². The van der Waals surface area contributed by atoms with Crippen LogP contribution in [0.2, 0.25) is 0 Å². The Morgan fingerprint density at radius 2 is 1.91 bits per heavy atom. The predicted molar refractivity (Wildman–Crippen MR) is 79.8 cm³/mol. The Morgan fingerprint density at radius 3 is 2.43 bits per heavy atom. The minimum Gasteiger partial charge on any atom is -0.492 e. The zero-order valence-corrected chi connectivity index (χ0v) is 12.6. The van der Waals surface area contributed by atoms with Crippen LogP contribution in [-0.4, -0.2) is 56.1 Å². The minimum absolute atomic E-state index is 0.0662. The summed E-state index contributed by atoms with van der Waals surface area (Å²) in [6.07, 6.45) is -0.329. The highest BCUT2D eigenvalue weighted by molar-refractivity contribution is 6.05. The SMILES string of the molecule is CC(=O)Nc1nc(O)c2c(n1)N=CC(C(O)C(C)=O)N2C(C)=O. The van der Waals surface area contributed by atoms with Gasteiger partial charge in [-0.1, -0.05) is 0 Å². The fourth-order valence-electron chi connectivity index (χ4n) is 2.14. The van der Waals surface area contributed by atoms with Gasteiger partial charge in [0.1, 0.15) is 12.1 Å². The van der Waals surface area contributed by atoms with Gasteiger partial charge in [-0.15, -0.1) is 0 Å². The maximum Gasteiger partial charge on any atom is 0.242 e. The molecule has 0 fully saturated rings. The van der Waals surface area contributed by atoms with E-state index in [0.29, 0.717) is 0 Å². The van der Waals surface area contributed by atoms with Crippen LogP contribution in [0.25, 0.3) is 0 Å². The highest BCUT2D eigenvalue weighted by Crippen LogP contribution is 2.39. The van der Waals surface area contributed by atoms with Crippen molar-refractivity contribution in [3.05, 3.63) is 0 Å². The second-order valence-electron chi connectivity index (χ2n) is 4.94. The van der Waals surface area contributed by atoms with E-state index in [1.165, 1.54) is 27.0 Å². The zero-order chi connectivity index (χ0) is 17.3. The number of ketones is 1. The Kier molecular flexibility index (Phi) is 4.36. The molecule has 2 amide bonds. The number of hydrogen-bond acceptors (Lipinski definition) is 8. The van der Waals surface area contributed by atoms with Crippen molar-refractivity contribution in [1.29, 1.82) is 0 Å². The summed E-state index contributed by atoms with van der Waals surface area (Å²) < 4.78 is 0. The molecule has 23 heavy (non-hydrogen) atoms. The number of amides is 2. The molecule has 1 aromatic rings. The predicted octanol–water partition coefficient (Wildman–Crippen LogP) is -0.472. The number of aliphatic hydroxyl groups excluding tert-OH is 1. The molecule has 10 heteroatoms. The van der Waals surface area contributed by atoms with E-state index in [0.717, 1.165) is 4.90 Å². The highest BCUT2D eigenvalue weighted by atomic mass is 16.3. The van der Waals surface area contributed by atoms with Gasteiger partial charge in [0.05, 0.1) is 0 Å². The number of aromatic nitrogens is 2. The summed E-state index contributed by atoms with van der Waals surface area (Å²) in [6.45, 7) is 3.61. The standard InChI is InChI=1S/C13H15N5O5/c1-5(19)10(22)8-4-14-11-9(18(8)7(3)21)12(23)17-13(16-11)15-6(2)20/h4,8,10,22H,1-3H3,(H2,15,16,17,20,23). The van der Waals surface area contributed by atoms with Crippen molar-refractivity contribution in [1.82, 2.24) is 9.97 Å². The molecular weight excluding hydrogens is 306 g/mol. The van der Waals surface area contributed by atoms with Crippen LogP contribution in [0.15, 0.2) is 4.99 Å². The van der Waals surface area contributed by atoms with E-state index >= 15 is 0 Å². The van der Waals surface area contributed by atoms with E-state index in [-0.39, 0.29) is 17.5 Å². The molecule has 1 aliphatic rings. The molecule has 0 saturated heterocycles. The fourth-order valence-corrected chi connectivity index (χ4v) is 2.14. The van der Waals surface area contributed by atoms with Crippen LogP contribution >= 0.6 is 0 Å². The van der Waals surface area contributed by atoms with Gasteiger partial charge in [-0.3, -0.25) is 24.6 Å². The summed E-state index contributed by atoms with van der Waals surface area (Å²) in [5, 5.41) is 22.3. The zero-order valence-electron chi connectivity index (χ0n) is 12.6. The van der Waals surface area contributed by atoms with Crippen LogP contribution in [0.1, 0.15) is 20.8 Å². The molecular formula is C13H15N5O5. The molecule has 10 nitrogen and oxygen atoms in total. The first-order chi connectivity index (χ1) is 10.7. The van der Waals surface area contributed by atoms with E-state index < -0.39 is 35.6 Å². The molecule has 0 saturated carbocycles. The van der Waals surface area contributed by atoms with Crippen LogP contribution in [0.5, 0.6) is 5.88 Å². The molecule has 2 heterocycles. The van der Waals surface area contributed by atoms with Crippen LogP contribution in [0, 0.1) is 0 Å². The van der Waals surface area contributed by atoms with Gasteiger partial charge in [0.25, 0.3) is 0 Å². The van der Waals surface area contributed by atoms with Gasteiger partial charge in [0, 0.05) is 20.1 Å². The van der Waals surface area contributed by atoms with E-state index in [2.05, 4.69) is 20.3 Å². The van der Waals surface area contributed by atoms with Gasteiger partial charge in [0.15, 0.2) is 17.3 Å². The molecule has 1 aliphatic heterocycles. The lowest BCUT2D eigenvalue weighted by atomic mass is 10.0. The molecule has 3 N–H and O–H groups in total. The third kappa shape index (κ3) is 3.16. The summed E-state index contributed by atoms with van der Waals surface area (Å²) in [5.41, 5.74) is -0.139. The number of anilines is 2. The second-order valence-corrected chi connectivity index (χ2v) is 4.94. The van der Waals surface area contributed by atoms with Gasteiger partial charge < -0.3 is 10.2 Å². The lowest BCUT2D eigenvalue weighted by Gasteiger charge is -2.33. The summed E-state index contributed by atoms with van der Waals surface area (Å²) in [6, 6.07) is -1.08. The van der Waals surface area contributed by atoms with Crippen molar-refractivity contribution < 1.29 is 24.6 Å². The van der Waals surface area contributed by atoms with E-state index in [9.17, 15) is 24.6 Å². The fraction of sp³-hybridized carbons (Fsp3) is 0.385. The third-order valence-electron chi connectivity index (χ3n) is 3.10. The van der Waals surface area contributed by atoms with E-state index in [1.54, 1.807) is 0 Å². The number of hydrogen-bond donors (Lipinski definition) is 3. The molecule has 2 unspecified atom stereocenters. The number of nitrogens with one attached hydrogen (secondary N) is 1. The molecule has 0 bridgehead atoms. The van der Waals surface area contributed by atoms with Gasteiger partial charge in [-0.05, 0) is 6.92 Å². The number of carbonyl (C=O) groups excluding carboxylic acids is 3. The maximum absolute atomic E-state index is 11.9. The Labute approximate surface area is 130 Å². The lowest BCUT2D eigenvalue weighted by Crippen LogP contribution is -2.51. The first-order valence-corrected chi connectivity index (χ1v) is 6.63. The average molecular weight is 321 g/mol. The van der Waals surface area contributed by atoms with E-state index in [4.69, 9.17) is 0 Å². The number of carbonyl (C=O) groups is 3. The van der Waals surface area contributed by atoms with Crippen molar-refractivity contribution in [3.8, 4) is 5.88 Å². The minimum atomic E-state index is -1.51. The van der Waals surface area contributed by atoms with Crippen molar-refractivity contribution >= 4 is 41.3 Å². The van der Waals surface area contributed by atoms with Crippen LogP contribution in [0.3, 0.4) is 0 Å². The number of aliphatic imine (C=N–C) groups is 1. The largest absolute Gasteiger partial charge is 0.492 e. The normalized spacial score (nSPS) is 17.4. The monoisotopic (exact) mass is 321 g/mol. The number of nitrogens with zero attached hydrogens (tertiary/aromatic N) is 4. The Hall–Kier alpha value is -2.88. The van der Waals surface area contributed by atoms with Crippen LogP contribution in [-0.2, 0) is 14.4 Å². The topological polar surface area (TPSA) is 145 Å². The van der Waals surface area contributed by atoms with Gasteiger partial charge in [-0.2, -0.15) is 9.97 Å². The summed E-state index contributed by atoms with van der Waals surface area (Å²) in [7, 11) is 0. The number of fused-ring (bicyclic) bond motifs is 1. The molecule has 1 aromatic heterocycles. The number of rotatable bonds is 3. The van der Waals surface area contributed by atoms with Crippen LogP contribution < -0.4 is 10.2 Å². The highest BCUT2D eigenvalue weighted by Gasteiger charge is 2.37. The Balaban J connectivity index is 2.54. The summed E-state index contributed by atoms with van der Waals surface area (Å²) in [4.78, 5) is 46.9. The molecule has 2 atom stereocenters. The quantitative estimate of drug-likeness (QED) is 0.682. The smallest absolute Gasteiger partial charge is 0.242 e. The average Bonchev–Trinajstić information content (AvgIpc) is 2.44. The molecule has 0 radical (unpaired) electrons. The molecule has 122 valence electrons.